The second-order valence-corrected chi connectivity index (χ2v) is 21.1. The van der Waals surface area contributed by atoms with E-state index in [4.69, 9.17) is 0 Å². The fourth-order valence-electron chi connectivity index (χ4n) is 9.59. The second kappa shape index (κ2) is 60.4. The second-order valence-electron chi connectivity index (χ2n) is 21.1. The first kappa shape index (κ1) is 67.1. The smallest absolute Gasteiger partial charge is 0.220 e. The van der Waals surface area contributed by atoms with Gasteiger partial charge in [-0.05, 0) is 57.8 Å². The van der Waals surface area contributed by atoms with Crippen molar-refractivity contribution in [3.05, 3.63) is 60.8 Å². The Hall–Kier alpha value is -1.91. The molecule has 69 heavy (non-hydrogen) atoms. The average molecular weight is 965 g/mol. The van der Waals surface area contributed by atoms with E-state index < -0.39 is 12.1 Å². The molecule has 1 amide bonds. The summed E-state index contributed by atoms with van der Waals surface area (Å²) >= 11 is 0. The van der Waals surface area contributed by atoms with Crippen LogP contribution < -0.4 is 5.32 Å². The van der Waals surface area contributed by atoms with E-state index in [1.807, 2.05) is 6.08 Å². The molecule has 0 spiro atoms. The lowest BCUT2D eigenvalue weighted by atomic mass is 10.0. The molecular weight excluding hydrogens is 843 g/mol. The van der Waals surface area contributed by atoms with Crippen molar-refractivity contribution < 1.29 is 15.0 Å². The third-order valence-corrected chi connectivity index (χ3v) is 14.3. The molecule has 0 aliphatic rings. The Balaban J connectivity index is 3.38. The minimum Gasteiger partial charge on any atom is -0.394 e. The number of carbonyl (C=O) groups is 1. The Morgan fingerprint density at radius 2 is 0.638 bits per heavy atom. The molecule has 0 bridgehead atoms. The van der Waals surface area contributed by atoms with Crippen LogP contribution in [0.4, 0.5) is 0 Å². The Morgan fingerprint density at radius 3 is 0.957 bits per heavy atom. The lowest BCUT2D eigenvalue weighted by Gasteiger charge is -2.20. The van der Waals surface area contributed by atoms with Crippen LogP contribution in [-0.2, 0) is 4.79 Å². The van der Waals surface area contributed by atoms with E-state index in [0.29, 0.717) is 6.42 Å². The zero-order chi connectivity index (χ0) is 49.9. The molecule has 0 radical (unpaired) electrons. The quantitative estimate of drug-likeness (QED) is 0.0420. The van der Waals surface area contributed by atoms with Gasteiger partial charge in [0, 0.05) is 6.42 Å². The van der Waals surface area contributed by atoms with Gasteiger partial charge in [0.25, 0.3) is 0 Å². The van der Waals surface area contributed by atoms with Gasteiger partial charge in [-0.15, -0.1) is 0 Å². The highest BCUT2D eigenvalue weighted by Gasteiger charge is 2.18. The van der Waals surface area contributed by atoms with Gasteiger partial charge < -0.3 is 15.5 Å². The number of unbranched alkanes of at least 4 members (excludes halogenated alkanes) is 42. The highest BCUT2D eigenvalue weighted by atomic mass is 16.3. The molecule has 2 unspecified atom stereocenters. The zero-order valence-corrected chi connectivity index (χ0v) is 46.6. The molecule has 0 aliphatic carbocycles. The van der Waals surface area contributed by atoms with Crippen molar-refractivity contribution in [1.82, 2.24) is 5.32 Å². The average Bonchev–Trinajstić information content (AvgIpc) is 3.35. The number of aliphatic hydroxyl groups is 2. The maximum Gasteiger partial charge on any atom is 0.220 e. The molecule has 0 saturated heterocycles. The van der Waals surface area contributed by atoms with Gasteiger partial charge in [0.05, 0.1) is 18.8 Å². The van der Waals surface area contributed by atoms with E-state index in [1.165, 1.54) is 257 Å². The molecule has 0 fully saturated rings. The van der Waals surface area contributed by atoms with Gasteiger partial charge in [-0.2, -0.15) is 0 Å². The van der Waals surface area contributed by atoms with Gasteiger partial charge in [-0.1, -0.05) is 325 Å². The predicted molar refractivity (Wildman–Crippen MR) is 308 cm³/mol. The van der Waals surface area contributed by atoms with Crippen molar-refractivity contribution in [2.24, 2.45) is 0 Å². The van der Waals surface area contributed by atoms with E-state index in [2.05, 4.69) is 67.8 Å². The maximum absolute atomic E-state index is 12.5. The minimum absolute atomic E-state index is 0.0583. The van der Waals surface area contributed by atoms with Gasteiger partial charge >= 0.3 is 0 Å². The summed E-state index contributed by atoms with van der Waals surface area (Å²) in [7, 11) is 0. The van der Waals surface area contributed by atoms with E-state index in [0.717, 1.165) is 51.4 Å². The van der Waals surface area contributed by atoms with Crippen molar-refractivity contribution in [3.63, 3.8) is 0 Å². The topological polar surface area (TPSA) is 69.6 Å². The predicted octanol–water partition coefficient (Wildman–Crippen LogP) is 20.8. The van der Waals surface area contributed by atoms with Gasteiger partial charge in [0.1, 0.15) is 0 Å². The largest absolute Gasteiger partial charge is 0.394 e. The molecule has 0 aromatic rings. The van der Waals surface area contributed by atoms with E-state index in [9.17, 15) is 15.0 Å². The lowest BCUT2D eigenvalue weighted by Crippen LogP contribution is -2.45. The first-order chi connectivity index (χ1) is 34.2. The van der Waals surface area contributed by atoms with Crippen molar-refractivity contribution in [3.8, 4) is 0 Å². The van der Waals surface area contributed by atoms with E-state index in [1.54, 1.807) is 6.08 Å². The number of hydrogen-bond acceptors (Lipinski definition) is 3. The third kappa shape index (κ3) is 56.9. The molecule has 0 saturated carbocycles. The van der Waals surface area contributed by atoms with Gasteiger partial charge in [0.15, 0.2) is 0 Å². The van der Waals surface area contributed by atoms with Gasteiger partial charge in [0.2, 0.25) is 5.91 Å². The first-order valence-corrected chi connectivity index (χ1v) is 31.0. The molecule has 0 aromatic heterocycles. The Bertz CT molecular complexity index is 1140. The van der Waals surface area contributed by atoms with Crippen LogP contribution in [-0.4, -0.2) is 34.9 Å². The summed E-state index contributed by atoms with van der Waals surface area (Å²) < 4.78 is 0. The van der Waals surface area contributed by atoms with Crippen molar-refractivity contribution in [2.45, 2.75) is 341 Å². The zero-order valence-electron chi connectivity index (χ0n) is 46.6. The van der Waals surface area contributed by atoms with Crippen LogP contribution in [0.25, 0.3) is 0 Å². The lowest BCUT2D eigenvalue weighted by molar-refractivity contribution is -0.123. The number of rotatable bonds is 57. The molecule has 4 heteroatoms. The van der Waals surface area contributed by atoms with Crippen LogP contribution in [0.1, 0.15) is 328 Å². The summed E-state index contributed by atoms with van der Waals surface area (Å²) in [5.74, 6) is -0.0583. The van der Waals surface area contributed by atoms with Crippen LogP contribution in [0.2, 0.25) is 0 Å². The molecule has 3 N–H and O–H groups in total. The van der Waals surface area contributed by atoms with Crippen LogP contribution >= 0.6 is 0 Å². The number of aliphatic hydroxyl groups excluding tert-OH is 2. The number of nitrogens with one attached hydrogen (secondary N) is 1. The molecule has 0 aromatic carbocycles. The van der Waals surface area contributed by atoms with Gasteiger partial charge in [-0.3, -0.25) is 4.79 Å². The summed E-state index contributed by atoms with van der Waals surface area (Å²) in [4.78, 5) is 12.5. The molecule has 404 valence electrons. The van der Waals surface area contributed by atoms with E-state index in [-0.39, 0.29) is 12.5 Å². The summed E-state index contributed by atoms with van der Waals surface area (Å²) in [6, 6.07) is -0.621. The van der Waals surface area contributed by atoms with Crippen molar-refractivity contribution >= 4 is 5.91 Å². The third-order valence-electron chi connectivity index (χ3n) is 14.3. The molecule has 2 atom stereocenters. The van der Waals surface area contributed by atoms with Crippen molar-refractivity contribution in [2.75, 3.05) is 6.61 Å². The monoisotopic (exact) mass is 964 g/mol. The SMILES string of the molecule is CC/C=C\C/C=C\C/C=C\C/C=C\CCCCCCCCCCCCCCCCCCCCCCCCCCCCCCC(=O)NC(CO)C(O)/C=C/CCCCCCCCCCCCCCCC. The Labute approximate surface area is 432 Å². The van der Waals surface area contributed by atoms with Crippen LogP contribution in [0.15, 0.2) is 60.8 Å². The van der Waals surface area contributed by atoms with Crippen LogP contribution in [0.5, 0.6) is 0 Å². The van der Waals surface area contributed by atoms with Crippen molar-refractivity contribution in [1.29, 1.82) is 0 Å². The summed E-state index contributed by atoms with van der Waals surface area (Å²) in [5, 5.41) is 23.2. The normalized spacial score (nSPS) is 13.2. The highest BCUT2D eigenvalue weighted by Crippen LogP contribution is 2.18. The highest BCUT2D eigenvalue weighted by molar-refractivity contribution is 5.76. The maximum atomic E-state index is 12.5. The molecule has 0 aliphatic heterocycles. The van der Waals surface area contributed by atoms with Crippen LogP contribution in [0, 0.1) is 0 Å². The first-order valence-electron chi connectivity index (χ1n) is 31.0. The fourth-order valence-corrected chi connectivity index (χ4v) is 9.59. The van der Waals surface area contributed by atoms with E-state index >= 15 is 0 Å². The number of hydrogen-bond donors (Lipinski definition) is 3. The molecule has 0 heterocycles. The summed E-state index contributed by atoms with van der Waals surface area (Å²) in [6.45, 7) is 4.22. The van der Waals surface area contributed by atoms with Gasteiger partial charge in [-0.25, -0.2) is 0 Å². The standard InChI is InChI=1S/C65H121NO3/c1-3-5-7-9-11-13-15-17-19-21-22-23-24-25-26-27-28-29-30-31-32-33-34-35-36-37-38-39-40-41-42-43-44-45-47-49-51-53-55-57-59-61-65(69)66-63(62-67)64(68)60-58-56-54-52-50-48-46-20-18-16-14-12-10-8-6-4-2/h5,7,11,13,17,19,22-23,58,60,63-64,67-68H,3-4,6,8-10,12,14-16,18,20-21,24-57,59,61-62H2,1-2H3,(H,66,69)/b7-5-,13-11-,19-17-,23-22-,60-58+. The number of amides is 1. The molecule has 0 rings (SSSR count). The minimum atomic E-state index is -0.838. The number of allylic oxidation sites excluding steroid dienone is 9. The Kier molecular flexibility index (Phi) is 58.7. The van der Waals surface area contributed by atoms with Crippen LogP contribution in [0.3, 0.4) is 0 Å². The number of carbonyl (C=O) groups excluding carboxylic acids is 1. The fraction of sp³-hybridized carbons (Fsp3) is 0.831. The summed E-state index contributed by atoms with van der Waals surface area (Å²) in [6.07, 6.45) is 85.7. The molecule has 4 nitrogen and oxygen atoms in total. The Morgan fingerprint density at radius 1 is 0.362 bits per heavy atom. The summed E-state index contributed by atoms with van der Waals surface area (Å²) in [5.41, 5.74) is 0. The molecular formula is C65H121NO3.